The summed E-state index contributed by atoms with van der Waals surface area (Å²) >= 11 is 13.7. The standard InChI is InChI=1S/C20H20Cl2N2O2S2/c1-12-3-6-18(13(2)7-12)24-19-11-28(25,26)10-17(19)23-20(24)27-9-14-4-5-15(21)16(22)8-14/h3-8,17,19H,9-11H2,1-2H3/t17-,19+/m0/s1. The van der Waals surface area contributed by atoms with E-state index in [4.69, 9.17) is 28.2 Å². The van der Waals surface area contributed by atoms with Crippen LogP contribution in [-0.4, -0.2) is 37.2 Å². The van der Waals surface area contributed by atoms with Gasteiger partial charge in [-0.1, -0.05) is 58.7 Å². The van der Waals surface area contributed by atoms with Gasteiger partial charge in [0.25, 0.3) is 0 Å². The van der Waals surface area contributed by atoms with Gasteiger partial charge in [0.2, 0.25) is 0 Å². The van der Waals surface area contributed by atoms with Crippen molar-refractivity contribution in [2.24, 2.45) is 4.99 Å². The van der Waals surface area contributed by atoms with Gasteiger partial charge in [0.1, 0.15) is 0 Å². The van der Waals surface area contributed by atoms with Crippen molar-refractivity contribution in [1.82, 2.24) is 0 Å². The van der Waals surface area contributed by atoms with Gasteiger partial charge in [0, 0.05) is 11.4 Å². The molecule has 2 aliphatic rings. The average Bonchev–Trinajstić information content (AvgIpc) is 3.08. The Morgan fingerprint density at radius 1 is 1.11 bits per heavy atom. The second-order valence-corrected chi connectivity index (χ2v) is 11.2. The van der Waals surface area contributed by atoms with Gasteiger partial charge in [0.15, 0.2) is 15.0 Å². The highest BCUT2D eigenvalue weighted by molar-refractivity contribution is 8.13. The Bertz CT molecular complexity index is 1070. The van der Waals surface area contributed by atoms with Gasteiger partial charge in [-0.2, -0.15) is 0 Å². The molecule has 2 heterocycles. The zero-order valence-electron chi connectivity index (χ0n) is 15.5. The Morgan fingerprint density at radius 2 is 1.89 bits per heavy atom. The third-order valence-electron chi connectivity index (χ3n) is 5.07. The van der Waals surface area contributed by atoms with Gasteiger partial charge in [-0.15, -0.1) is 0 Å². The molecule has 2 aromatic rings. The fourth-order valence-electron chi connectivity index (χ4n) is 3.77. The molecular formula is C20H20Cl2N2O2S2. The van der Waals surface area contributed by atoms with E-state index in [1.807, 2.05) is 12.1 Å². The van der Waals surface area contributed by atoms with E-state index in [9.17, 15) is 8.42 Å². The summed E-state index contributed by atoms with van der Waals surface area (Å²) in [5.74, 6) is 0.949. The molecule has 0 amide bonds. The van der Waals surface area contributed by atoms with E-state index in [-0.39, 0.29) is 23.6 Å². The molecule has 28 heavy (non-hydrogen) atoms. The van der Waals surface area contributed by atoms with Crippen LogP contribution in [0.2, 0.25) is 10.0 Å². The van der Waals surface area contributed by atoms with Crippen LogP contribution in [0.3, 0.4) is 0 Å². The molecule has 0 unspecified atom stereocenters. The first-order valence-corrected chi connectivity index (χ1v) is 12.5. The maximum Gasteiger partial charge on any atom is 0.164 e. The first kappa shape index (κ1) is 20.1. The zero-order valence-corrected chi connectivity index (χ0v) is 18.7. The quantitative estimate of drug-likeness (QED) is 0.662. The molecule has 0 N–H and O–H groups in total. The van der Waals surface area contributed by atoms with E-state index in [1.165, 1.54) is 5.56 Å². The Labute approximate surface area is 179 Å². The van der Waals surface area contributed by atoms with Crippen molar-refractivity contribution < 1.29 is 8.42 Å². The predicted molar refractivity (Wildman–Crippen MR) is 120 cm³/mol. The molecule has 0 spiro atoms. The van der Waals surface area contributed by atoms with Crippen LogP contribution in [0.1, 0.15) is 16.7 Å². The third kappa shape index (κ3) is 3.92. The number of sulfone groups is 1. The average molecular weight is 455 g/mol. The van der Waals surface area contributed by atoms with E-state index in [0.717, 1.165) is 22.0 Å². The van der Waals surface area contributed by atoms with E-state index < -0.39 is 9.84 Å². The van der Waals surface area contributed by atoms with Crippen LogP contribution in [0, 0.1) is 13.8 Å². The molecule has 2 aromatic carbocycles. The highest BCUT2D eigenvalue weighted by Crippen LogP contribution is 2.37. The van der Waals surface area contributed by atoms with Crippen LogP contribution in [0.5, 0.6) is 0 Å². The summed E-state index contributed by atoms with van der Waals surface area (Å²) in [6.45, 7) is 4.11. The Balaban J connectivity index is 1.64. The number of aliphatic imine (C=N–C) groups is 1. The molecule has 4 rings (SSSR count). The van der Waals surface area contributed by atoms with Gasteiger partial charge in [0.05, 0.1) is 33.6 Å². The van der Waals surface area contributed by atoms with E-state index >= 15 is 0 Å². The van der Waals surface area contributed by atoms with E-state index in [2.05, 4.69) is 36.9 Å². The molecule has 8 heteroatoms. The lowest BCUT2D eigenvalue weighted by molar-refractivity contribution is 0.601. The summed E-state index contributed by atoms with van der Waals surface area (Å²) in [6.07, 6.45) is 0. The number of aryl methyl sites for hydroxylation is 2. The minimum absolute atomic E-state index is 0.121. The number of halogens is 2. The first-order chi connectivity index (χ1) is 13.2. The van der Waals surface area contributed by atoms with Gasteiger partial charge < -0.3 is 4.90 Å². The molecular weight excluding hydrogens is 435 g/mol. The molecule has 148 valence electrons. The van der Waals surface area contributed by atoms with Crippen molar-refractivity contribution in [3.05, 3.63) is 63.1 Å². The fraction of sp³-hybridized carbons (Fsp3) is 0.350. The van der Waals surface area contributed by atoms with Gasteiger partial charge in [-0.3, -0.25) is 4.99 Å². The summed E-state index contributed by atoms with van der Waals surface area (Å²) < 4.78 is 24.4. The predicted octanol–water partition coefficient (Wildman–Crippen LogP) is 4.89. The van der Waals surface area contributed by atoms with Crippen molar-refractivity contribution in [3.63, 3.8) is 0 Å². The Morgan fingerprint density at radius 3 is 2.61 bits per heavy atom. The van der Waals surface area contributed by atoms with Crippen LogP contribution < -0.4 is 4.90 Å². The second kappa shape index (κ2) is 7.56. The number of nitrogens with zero attached hydrogens (tertiary/aromatic N) is 2. The maximum atomic E-state index is 12.2. The van der Waals surface area contributed by atoms with Crippen molar-refractivity contribution in [1.29, 1.82) is 0 Å². The van der Waals surface area contributed by atoms with Crippen molar-refractivity contribution in [2.75, 3.05) is 16.4 Å². The van der Waals surface area contributed by atoms with Crippen molar-refractivity contribution >= 4 is 55.7 Å². The number of amidine groups is 1. The fourth-order valence-corrected chi connectivity index (χ4v) is 6.99. The molecule has 0 saturated carbocycles. The normalized spacial score (nSPS) is 23.0. The highest BCUT2D eigenvalue weighted by Gasteiger charge is 2.47. The topological polar surface area (TPSA) is 49.7 Å². The molecule has 0 aliphatic carbocycles. The molecule has 4 nitrogen and oxygen atoms in total. The summed E-state index contributed by atoms with van der Waals surface area (Å²) in [6, 6.07) is 11.5. The van der Waals surface area contributed by atoms with Crippen LogP contribution in [0.4, 0.5) is 5.69 Å². The maximum absolute atomic E-state index is 12.2. The van der Waals surface area contributed by atoms with E-state index in [0.29, 0.717) is 15.8 Å². The molecule has 1 fully saturated rings. The van der Waals surface area contributed by atoms with Gasteiger partial charge >= 0.3 is 0 Å². The smallest absolute Gasteiger partial charge is 0.164 e. The molecule has 0 radical (unpaired) electrons. The molecule has 0 bridgehead atoms. The number of hydrogen-bond acceptors (Lipinski definition) is 5. The lowest BCUT2D eigenvalue weighted by Crippen LogP contribution is -2.39. The van der Waals surface area contributed by atoms with Gasteiger partial charge in [-0.05, 0) is 43.2 Å². The number of fused-ring (bicyclic) bond motifs is 1. The van der Waals surface area contributed by atoms with Crippen LogP contribution >= 0.6 is 35.0 Å². The molecule has 2 aliphatic heterocycles. The highest BCUT2D eigenvalue weighted by atomic mass is 35.5. The molecule has 1 saturated heterocycles. The SMILES string of the molecule is Cc1ccc(N2C(SCc3ccc(Cl)c(Cl)c3)=N[C@H]3CS(=O)(=O)C[C@H]32)c(C)c1. The number of anilines is 1. The minimum atomic E-state index is -3.06. The monoisotopic (exact) mass is 454 g/mol. The van der Waals surface area contributed by atoms with Crippen LogP contribution in [0.25, 0.3) is 0 Å². The second-order valence-electron chi connectivity index (χ2n) is 7.32. The zero-order chi connectivity index (χ0) is 20.1. The van der Waals surface area contributed by atoms with Crippen molar-refractivity contribution in [2.45, 2.75) is 31.7 Å². The minimum Gasteiger partial charge on any atom is -0.315 e. The molecule has 2 atom stereocenters. The number of rotatable bonds is 3. The lowest BCUT2D eigenvalue weighted by atomic mass is 10.1. The summed E-state index contributed by atoms with van der Waals surface area (Å²) in [5, 5.41) is 1.93. The number of thioether (sulfide) groups is 1. The number of hydrogen-bond donors (Lipinski definition) is 0. The van der Waals surface area contributed by atoms with Gasteiger partial charge in [-0.25, -0.2) is 8.42 Å². The third-order valence-corrected chi connectivity index (χ3v) is 8.55. The van der Waals surface area contributed by atoms with Crippen LogP contribution in [0.15, 0.2) is 41.4 Å². The first-order valence-electron chi connectivity index (χ1n) is 8.95. The largest absolute Gasteiger partial charge is 0.315 e. The Hall–Kier alpha value is -1.21. The number of benzene rings is 2. The molecule has 0 aromatic heterocycles. The van der Waals surface area contributed by atoms with Crippen molar-refractivity contribution in [3.8, 4) is 0 Å². The van der Waals surface area contributed by atoms with Crippen LogP contribution in [-0.2, 0) is 15.6 Å². The Kier molecular flexibility index (Phi) is 5.42. The summed E-state index contributed by atoms with van der Waals surface area (Å²) in [4.78, 5) is 6.91. The summed E-state index contributed by atoms with van der Waals surface area (Å²) in [5.41, 5.74) is 4.37. The lowest BCUT2D eigenvalue weighted by Gasteiger charge is -2.28. The van der Waals surface area contributed by atoms with E-state index in [1.54, 1.807) is 17.8 Å². The summed E-state index contributed by atoms with van der Waals surface area (Å²) in [7, 11) is -3.06.